The highest BCUT2D eigenvalue weighted by molar-refractivity contribution is 7.99. The lowest BCUT2D eigenvalue weighted by Crippen LogP contribution is -2.40. The van der Waals surface area contributed by atoms with Gasteiger partial charge < -0.3 is 24.1 Å². The van der Waals surface area contributed by atoms with Crippen LogP contribution >= 0.6 is 11.8 Å². The number of rotatable bonds is 9. The normalized spacial score (nSPS) is 14.4. The molecule has 2 heterocycles. The Balaban J connectivity index is 1.40. The second-order valence-corrected chi connectivity index (χ2v) is 10.7. The molecule has 192 valence electrons. The average Bonchev–Trinajstić information content (AvgIpc) is 3.27. The molecule has 4 rings (SSSR count). The summed E-state index contributed by atoms with van der Waals surface area (Å²) in [6.45, 7) is 1.46. The molecule has 0 aliphatic carbocycles. The van der Waals surface area contributed by atoms with E-state index in [1.54, 1.807) is 68.3 Å². The maximum Gasteiger partial charge on any atom is 0.243 e. The third kappa shape index (κ3) is 5.81. The first-order chi connectivity index (χ1) is 17.3. The van der Waals surface area contributed by atoms with Crippen LogP contribution < -0.4 is 14.8 Å². The Kier molecular flexibility index (Phi) is 8.14. The molecule has 11 nitrogen and oxygen atoms in total. The summed E-state index contributed by atoms with van der Waals surface area (Å²) in [5.41, 5.74) is 1.27. The van der Waals surface area contributed by atoms with Crippen molar-refractivity contribution in [3.8, 4) is 22.9 Å². The summed E-state index contributed by atoms with van der Waals surface area (Å²) in [4.78, 5) is 12.7. The Bertz CT molecular complexity index is 1300. The quantitative estimate of drug-likeness (QED) is 0.412. The Morgan fingerprint density at radius 1 is 1.06 bits per heavy atom. The lowest BCUT2D eigenvalue weighted by Gasteiger charge is -2.26. The van der Waals surface area contributed by atoms with Gasteiger partial charge in [-0.05, 0) is 24.3 Å². The van der Waals surface area contributed by atoms with E-state index in [9.17, 15) is 13.2 Å². The van der Waals surface area contributed by atoms with E-state index in [1.807, 2.05) is 0 Å². The molecule has 1 aliphatic rings. The number of aromatic nitrogens is 3. The number of carbonyl (C=O) groups is 1. The van der Waals surface area contributed by atoms with Crippen molar-refractivity contribution in [2.24, 2.45) is 7.05 Å². The lowest BCUT2D eigenvalue weighted by atomic mass is 10.2. The molecular weight excluding hydrogens is 506 g/mol. The van der Waals surface area contributed by atoms with Crippen LogP contribution in [0, 0.1) is 0 Å². The molecule has 1 N–H and O–H groups in total. The van der Waals surface area contributed by atoms with Gasteiger partial charge in [-0.2, -0.15) is 4.31 Å². The molecule has 0 atom stereocenters. The molecule has 0 unspecified atom stereocenters. The number of nitrogens with zero attached hydrogens (tertiary/aromatic N) is 4. The number of methoxy groups -OCH3 is 2. The van der Waals surface area contributed by atoms with E-state index >= 15 is 0 Å². The number of sulfonamides is 1. The average molecular weight is 534 g/mol. The number of hydrogen-bond acceptors (Lipinski definition) is 9. The van der Waals surface area contributed by atoms with Gasteiger partial charge in [-0.25, -0.2) is 8.42 Å². The summed E-state index contributed by atoms with van der Waals surface area (Å²) in [5, 5.41) is 11.8. The number of amides is 1. The molecule has 1 aromatic heterocycles. The van der Waals surface area contributed by atoms with Crippen LogP contribution in [0.25, 0.3) is 11.4 Å². The fraction of sp³-hybridized carbons (Fsp3) is 0.348. The molecular formula is C23H27N5O6S2. The van der Waals surface area contributed by atoms with E-state index < -0.39 is 10.0 Å². The smallest absolute Gasteiger partial charge is 0.243 e. The van der Waals surface area contributed by atoms with Gasteiger partial charge in [0.05, 0.1) is 38.1 Å². The summed E-state index contributed by atoms with van der Waals surface area (Å²) in [6, 6.07) is 11.7. The summed E-state index contributed by atoms with van der Waals surface area (Å²) < 4.78 is 44.6. The van der Waals surface area contributed by atoms with Gasteiger partial charge in [-0.15, -0.1) is 10.2 Å². The number of hydrogen-bond donors (Lipinski definition) is 1. The van der Waals surface area contributed by atoms with Crippen LogP contribution in [0.5, 0.6) is 11.5 Å². The minimum absolute atomic E-state index is 0.113. The van der Waals surface area contributed by atoms with Crippen LogP contribution in [0.3, 0.4) is 0 Å². The highest BCUT2D eigenvalue weighted by Crippen LogP contribution is 2.27. The zero-order valence-electron chi connectivity index (χ0n) is 20.1. The molecule has 1 saturated heterocycles. The van der Waals surface area contributed by atoms with Crippen molar-refractivity contribution in [3.63, 3.8) is 0 Å². The van der Waals surface area contributed by atoms with E-state index in [0.29, 0.717) is 60.0 Å². The van der Waals surface area contributed by atoms with Crippen LogP contribution in [-0.2, 0) is 26.6 Å². The SMILES string of the molecule is COc1cc(NC(=O)CSc2nnc(-c3ccc(S(=O)(=O)N4CCOCC4)cc3)n2C)cc(OC)c1. The second-order valence-electron chi connectivity index (χ2n) is 7.84. The first-order valence-corrected chi connectivity index (χ1v) is 13.5. The van der Waals surface area contributed by atoms with Crippen LogP contribution in [0.4, 0.5) is 5.69 Å². The molecule has 13 heteroatoms. The van der Waals surface area contributed by atoms with Crippen LogP contribution in [0.1, 0.15) is 0 Å². The maximum atomic E-state index is 12.8. The van der Waals surface area contributed by atoms with Crippen LogP contribution in [0.2, 0.25) is 0 Å². The minimum Gasteiger partial charge on any atom is -0.497 e. The summed E-state index contributed by atoms with van der Waals surface area (Å²) in [6.07, 6.45) is 0. The van der Waals surface area contributed by atoms with E-state index in [0.717, 1.165) is 0 Å². The molecule has 1 amide bonds. The van der Waals surface area contributed by atoms with Gasteiger partial charge in [0.25, 0.3) is 0 Å². The van der Waals surface area contributed by atoms with Crippen molar-refractivity contribution in [1.29, 1.82) is 0 Å². The molecule has 36 heavy (non-hydrogen) atoms. The number of carbonyl (C=O) groups excluding carboxylic acids is 1. The van der Waals surface area contributed by atoms with Crippen molar-refractivity contribution in [3.05, 3.63) is 42.5 Å². The first kappa shape index (κ1) is 25.9. The molecule has 0 spiro atoms. The van der Waals surface area contributed by atoms with Crippen molar-refractivity contribution >= 4 is 33.4 Å². The molecule has 2 aromatic carbocycles. The summed E-state index contributed by atoms with van der Waals surface area (Å²) >= 11 is 1.24. The number of benzene rings is 2. The third-order valence-corrected chi connectivity index (χ3v) is 8.46. The van der Waals surface area contributed by atoms with E-state index in [-0.39, 0.29) is 16.6 Å². The van der Waals surface area contributed by atoms with E-state index in [1.165, 1.54) is 16.1 Å². The minimum atomic E-state index is -3.57. The van der Waals surface area contributed by atoms with Gasteiger partial charge in [0, 0.05) is 49.6 Å². The van der Waals surface area contributed by atoms with Crippen molar-refractivity contribution < 1.29 is 27.4 Å². The molecule has 0 saturated carbocycles. The highest BCUT2D eigenvalue weighted by atomic mass is 32.2. The van der Waals surface area contributed by atoms with Crippen LogP contribution in [0.15, 0.2) is 52.5 Å². The van der Waals surface area contributed by atoms with E-state index in [2.05, 4.69) is 15.5 Å². The van der Waals surface area contributed by atoms with Crippen molar-refractivity contribution in [2.75, 3.05) is 51.6 Å². The molecule has 1 fully saturated rings. The second kappa shape index (κ2) is 11.3. The third-order valence-electron chi connectivity index (χ3n) is 5.52. The Labute approximate surface area is 213 Å². The highest BCUT2D eigenvalue weighted by Gasteiger charge is 2.26. The van der Waals surface area contributed by atoms with Crippen molar-refractivity contribution in [2.45, 2.75) is 10.1 Å². The van der Waals surface area contributed by atoms with Gasteiger partial charge in [0.1, 0.15) is 11.5 Å². The topological polar surface area (TPSA) is 125 Å². The summed E-state index contributed by atoms with van der Waals surface area (Å²) in [5.74, 6) is 1.59. The zero-order chi connectivity index (χ0) is 25.7. The predicted molar refractivity (Wildman–Crippen MR) is 135 cm³/mol. The Morgan fingerprint density at radius 3 is 2.31 bits per heavy atom. The van der Waals surface area contributed by atoms with Gasteiger partial charge in [0.2, 0.25) is 15.9 Å². The summed E-state index contributed by atoms with van der Waals surface area (Å²) in [7, 11) is 1.30. The van der Waals surface area contributed by atoms with Crippen molar-refractivity contribution in [1.82, 2.24) is 19.1 Å². The Hall–Kier alpha value is -3.13. The molecule has 0 bridgehead atoms. The number of nitrogens with one attached hydrogen (secondary N) is 1. The van der Waals surface area contributed by atoms with Gasteiger partial charge in [-0.1, -0.05) is 11.8 Å². The predicted octanol–water partition coefficient (Wildman–Crippen LogP) is 2.25. The largest absolute Gasteiger partial charge is 0.497 e. The van der Waals surface area contributed by atoms with E-state index in [4.69, 9.17) is 14.2 Å². The number of thioether (sulfide) groups is 1. The molecule has 3 aromatic rings. The number of ether oxygens (including phenoxy) is 3. The standard InChI is InChI=1S/C23H27N5O6S2/c1-27-22(16-4-6-20(7-5-16)36(30,31)28-8-10-34-11-9-28)25-26-23(27)35-15-21(29)24-17-12-18(32-2)14-19(13-17)33-3/h4-7,12-14H,8-11,15H2,1-3H3,(H,24,29). The van der Waals surface area contributed by atoms with Gasteiger partial charge >= 0.3 is 0 Å². The van der Waals surface area contributed by atoms with Gasteiger partial charge in [0.15, 0.2) is 11.0 Å². The molecule has 0 radical (unpaired) electrons. The Morgan fingerprint density at radius 2 is 1.69 bits per heavy atom. The monoisotopic (exact) mass is 533 g/mol. The van der Waals surface area contributed by atoms with Crippen LogP contribution in [-0.4, -0.2) is 79.7 Å². The zero-order valence-corrected chi connectivity index (χ0v) is 21.8. The fourth-order valence-electron chi connectivity index (χ4n) is 3.61. The maximum absolute atomic E-state index is 12.8. The number of anilines is 1. The lowest BCUT2D eigenvalue weighted by molar-refractivity contribution is -0.113. The van der Waals surface area contributed by atoms with Gasteiger partial charge in [-0.3, -0.25) is 4.79 Å². The number of morpholine rings is 1. The molecule has 1 aliphatic heterocycles. The first-order valence-electron chi connectivity index (χ1n) is 11.1. The fourth-order valence-corrected chi connectivity index (χ4v) is 5.73.